The molecule has 0 aliphatic rings. The monoisotopic (exact) mass is 808 g/mol. The van der Waals surface area contributed by atoms with Gasteiger partial charge in [-0.3, -0.25) is 19.2 Å². The molecule has 0 aliphatic heterocycles. The first-order valence-electron chi connectivity index (χ1n) is 19.8. The van der Waals surface area contributed by atoms with Crippen molar-refractivity contribution in [1.82, 2.24) is 20.9 Å². The maximum atomic E-state index is 13.5. The number of carbonyl (C=O) groups excluding carboxylic acids is 4. The Labute approximate surface area is 345 Å². The molecule has 4 aromatic carbocycles. The Balaban J connectivity index is 1.56. The third kappa shape index (κ3) is 12.9. The predicted octanol–water partition coefficient (Wildman–Crippen LogP) is 4.23. The van der Waals surface area contributed by atoms with Gasteiger partial charge in [-0.25, -0.2) is 4.79 Å². The number of nitrogens with zero attached hydrogens (tertiary/aromatic N) is 1. The van der Waals surface area contributed by atoms with Gasteiger partial charge in [0.1, 0.15) is 36.8 Å². The lowest BCUT2D eigenvalue weighted by Crippen LogP contribution is -2.49. The van der Waals surface area contributed by atoms with Crippen molar-refractivity contribution in [2.45, 2.75) is 64.6 Å². The second kappa shape index (κ2) is 22.6. The number of carboxylic acids is 1. The molecular formula is C45H56N6O8. The molecule has 4 amide bonds. The lowest BCUT2D eigenvalue weighted by molar-refractivity contribution is -0.142. The fourth-order valence-electron chi connectivity index (χ4n) is 6.34. The average Bonchev–Trinajstić information content (AvgIpc) is 3.25. The quantitative estimate of drug-likeness (QED) is 0.0587. The van der Waals surface area contributed by atoms with Gasteiger partial charge in [0.2, 0.25) is 18.2 Å². The molecule has 0 aliphatic carbocycles. The number of nitrogens with two attached hydrogens (primary N) is 2. The normalized spacial score (nSPS) is 12.4. The highest BCUT2D eigenvalue weighted by atomic mass is 16.5. The average molecular weight is 809 g/mol. The molecule has 0 fully saturated rings. The lowest BCUT2D eigenvalue weighted by Gasteiger charge is -2.27. The van der Waals surface area contributed by atoms with Gasteiger partial charge >= 0.3 is 5.97 Å². The van der Waals surface area contributed by atoms with Crippen LogP contribution in [0.5, 0.6) is 11.5 Å². The molecule has 14 heteroatoms. The SMILES string of the molecule is CCCCc1ccc(-c2cccc(C(=O)NCC(=O)N(C)C(C)c3ccc(OCCN)c(-c4cc(CC(NC(=O)[C@H](C)NC=O)C(=O)O)ccc4OCCN)c3)c2)cc1. The molecule has 8 N–H and O–H groups in total. The first-order valence-corrected chi connectivity index (χ1v) is 19.8. The molecule has 314 valence electrons. The van der Waals surface area contributed by atoms with Crippen LogP contribution in [0.1, 0.15) is 66.7 Å². The highest BCUT2D eigenvalue weighted by molar-refractivity contribution is 5.97. The van der Waals surface area contributed by atoms with E-state index in [1.165, 1.54) is 12.5 Å². The van der Waals surface area contributed by atoms with E-state index in [-0.39, 0.29) is 51.1 Å². The summed E-state index contributed by atoms with van der Waals surface area (Å²) < 4.78 is 12.1. The number of hydrogen-bond acceptors (Lipinski definition) is 9. The number of unbranched alkanes of at least 4 members (excludes halogenated alkanes) is 1. The van der Waals surface area contributed by atoms with Crippen molar-refractivity contribution in [1.29, 1.82) is 0 Å². The summed E-state index contributed by atoms with van der Waals surface area (Å²) >= 11 is 0. The molecule has 14 nitrogen and oxygen atoms in total. The number of amides is 4. The van der Waals surface area contributed by atoms with Gasteiger partial charge < -0.3 is 46.9 Å². The van der Waals surface area contributed by atoms with Crippen molar-refractivity contribution in [3.05, 3.63) is 107 Å². The zero-order valence-electron chi connectivity index (χ0n) is 34.2. The molecule has 0 radical (unpaired) electrons. The summed E-state index contributed by atoms with van der Waals surface area (Å²) in [4.78, 5) is 63.9. The van der Waals surface area contributed by atoms with Crippen molar-refractivity contribution >= 4 is 30.1 Å². The lowest BCUT2D eigenvalue weighted by atomic mass is 9.94. The molecule has 3 atom stereocenters. The van der Waals surface area contributed by atoms with Crippen molar-refractivity contribution in [3.8, 4) is 33.8 Å². The van der Waals surface area contributed by atoms with Crippen LogP contribution in [-0.2, 0) is 32.0 Å². The van der Waals surface area contributed by atoms with Gasteiger partial charge in [-0.2, -0.15) is 0 Å². The highest BCUT2D eigenvalue weighted by Gasteiger charge is 2.25. The molecule has 0 saturated carbocycles. The zero-order valence-corrected chi connectivity index (χ0v) is 34.2. The Morgan fingerprint density at radius 3 is 2.10 bits per heavy atom. The molecule has 0 bridgehead atoms. The Hall–Kier alpha value is -6.25. The molecule has 0 aromatic heterocycles. The first-order chi connectivity index (χ1) is 28.4. The molecular weight excluding hydrogens is 753 g/mol. The van der Waals surface area contributed by atoms with E-state index < -0.39 is 30.0 Å². The number of nitrogens with one attached hydrogen (secondary N) is 3. The van der Waals surface area contributed by atoms with Gasteiger partial charge in [0.05, 0.1) is 12.6 Å². The second-order valence-corrected chi connectivity index (χ2v) is 14.2. The number of aryl methyl sites for hydroxylation is 1. The molecule has 0 spiro atoms. The fourth-order valence-corrected chi connectivity index (χ4v) is 6.34. The minimum absolute atomic E-state index is 0.0897. The molecule has 2 unspecified atom stereocenters. The van der Waals surface area contributed by atoms with E-state index in [4.69, 9.17) is 20.9 Å². The van der Waals surface area contributed by atoms with Crippen LogP contribution in [0.2, 0.25) is 0 Å². The molecule has 0 heterocycles. The number of hydrogen-bond donors (Lipinski definition) is 6. The molecule has 0 saturated heterocycles. The first kappa shape index (κ1) is 45.5. The molecule has 59 heavy (non-hydrogen) atoms. The minimum atomic E-state index is -1.31. The van der Waals surface area contributed by atoms with Crippen molar-refractivity contribution in [2.75, 3.05) is 39.9 Å². The molecule has 4 aromatic rings. The number of carbonyl (C=O) groups is 5. The summed E-state index contributed by atoms with van der Waals surface area (Å²) in [6.07, 6.45) is 3.57. The number of ether oxygens (including phenoxy) is 2. The van der Waals surface area contributed by atoms with Gasteiger partial charge in [0.15, 0.2) is 0 Å². The predicted molar refractivity (Wildman–Crippen MR) is 227 cm³/mol. The number of benzene rings is 4. The van der Waals surface area contributed by atoms with Crippen LogP contribution in [0.15, 0.2) is 84.9 Å². The van der Waals surface area contributed by atoms with Crippen LogP contribution in [0.3, 0.4) is 0 Å². The number of aliphatic carboxylic acids is 1. The maximum Gasteiger partial charge on any atom is 0.326 e. The largest absolute Gasteiger partial charge is 0.492 e. The Kier molecular flexibility index (Phi) is 17.4. The maximum absolute atomic E-state index is 13.5. The van der Waals surface area contributed by atoms with Gasteiger partial charge in [0.25, 0.3) is 5.91 Å². The molecule has 4 rings (SSSR count). The standard InChI is InChI=1S/C45H56N6O8/c1-5-6-8-31-11-14-33(15-12-31)35-9-7-10-36(25-35)44(55)48-27-42(53)51(4)30(3)34-16-18-41(59-22-20-47)38(26-34)37-23-32(13-17-40(37)58-21-19-46)24-39(45(56)57)50-43(54)29(2)49-28-52/h7,9-18,23,25-26,28-30,39H,5-6,8,19-22,24,27,46-47H2,1-4H3,(H,48,55)(H,49,52)(H,50,54)(H,56,57)/t29-,30?,39?/m0/s1. The third-order valence-electron chi connectivity index (χ3n) is 9.94. The van der Waals surface area contributed by atoms with Crippen LogP contribution in [0.25, 0.3) is 22.3 Å². The summed E-state index contributed by atoms with van der Waals surface area (Å²) in [6.45, 7) is 6.11. The fraction of sp³-hybridized carbons (Fsp3) is 0.356. The smallest absolute Gasteiger partial charge is 0.326 e. The third-order valence-corrected chi connectivity index (χ3v) is 9.94. The van der Waals surface area contributed by atoms with Crippen LogP contribution in [0.4, 0.5) is 0 Å². The number of carboxylic acid groups (broad SMARTS) is 1. The van der Waals surface area contributed by atoms with Crippen molar-refractivity contribution in [3.63, 3.8) is 0 Å². The Morgan fingerprint density at radius 2 is 1.47 bits per heavy atom. The van der Waals surface area contributed by atoms with Gasteiger partial charge in [-0.05, 0) is 90.9 Å². The number of likely N-dealkylation sites (N-methyl/N-ethyl adjacent to an activating group) is 1. The number of rotatable bonds is 23. The summed E-state index contributed by atoms with van der Waals surface area (Å²) in [6, 6.07) is 23.5. The Bertz CT molecular complexity index is 2060. The van der Waals surface area contributed by atoms with E-state index >= 15 is 0 Å². The Morgan fingerprint density at radius 1 is 0.831 bits per heavy atom. The van der Waals surface area contributed by atoms with E-state index in [1.54, 1.807) is 42.3 Å². The van der Waals surface area contributed by atoms with E-state index in [0.717, 1.165) is 36.0 Å². The summed E-state index contributed by atoms with van der Waals surface area (Å²) in [5.41, 5.74) is 17.6. The van der Waals surface area contributed by atoms with Gasteiger partial charge in [0, 0.05) is 43.2 Å². The van der Waals surface area contributed by atoms with Crippen molar-refractivity contribution in [2.24, 2.45) is 11.5 Å². The van der Waals surface area contributed by atoms with Crippen LogP contribution in [-0.4, -0.2) is 92.1 Å². The van der Waals surface area contributed by atoms with Crippen molar-refractivity contribution < 1.29 is 38.6 Å². The van der Waals surface area contributed by atoms with Gasteiger partial charge in [-0.15, -0.1) is 0 Å². The van der Waals surface area contributed by atoms with Crippen LogP contribution in [0, 0.1) is 0 Å². The topological polar surface area (TPSA) is 215 Å². The summed E-state index contributed by atoms with van der Waals surface area (Å²) in [5.74, 6) is -1.69. The summed E-state index contributed by atoms with van der Waals surface area (Å²) in [7, 11) is 1.66. The van der Waals surface area contributed by atoms with E-state index in [1.807, 2.05) is 37.3 Å². The van der Waals surface area contributed by atoms with Crippen LogP contribution >= 0.6 is 0 Å². The van der Waals surface area contributed by atoms with Gasteiger partial charge in [-0.1, -0.05) is 61.9 Å². The minimum Gasteiger partial charge on any atom is -0.492 e. The van der Waals surface area contributed by atoms with E-state index in [9.17, 15) is 29.1 Å². The highest BCUT2D eigenvalue weighted by Crippen LogP contribution is 2.40. The summed E-state index contributed by atoms with van der Waals surface area (Å²) in [5, 5.41) is 17.5. The second-order valence-electron chi connectivity index (χ2n) is 14.2. The van der Waals surface area contributed by atoms with E-state index in [0.29, 0.717) is 40.2 Å². The van der Waals surface area contributed by atoms with Crippen LogP contribution < -0.4 is 36.9 Å². The van der Waals surface area contributed by atoms with E-state index in [2.05, 4.69) is 47.1 Å². The zero-order chi connectivity index (χ0) is 42.9.